The molecule has 4 saturated heterocycles. The van der Waals surface area contributed by atoms with Crippen molar-refractivity contribution in [3.05, 3.63) is 29.8 Å². The van der Waals surface area contributed by atoms with E-state index in [4.69, 9.17) is 80.5 Å². The highest BCUT2D eigenvalue weighted by Crippen LogP contribution is 2.27. The quantitative estimate of drug-likeness (QED) is 0.0269. The third kappa shape index (κ3) is 40.0. The van der Waals surface area contributed by atoms with Gasteiger partial charge in [0.15, 0.2) is 25.2 Å². The van der Waals surface area contributed by atoms with Crippen LogP contribution in [-0.4, -0.2) is 483 Å². The van der Waals surface area contributed by atoms with E-state index in [1.54, 1.807) is 0 Å². The molecule has 51 nitrogen and oxygen atoms in total. The van der Waals surface area contributed by atoms with Gasteiger partial charge in [0.2, 0.25) is 59.1 Å². The molecule has 0 spiro atoms. The van der Waals surface area contributed by atoms with Gasteiger partial charge in [-0.25, -0.2) is 0 Å². The molecule has 21 unspecified atom stereocenters. The minimum Gasteiger partial charge on any atom is -0.497 e. The second kappa shape index (κ2) is 61.7. The van der Waals surface area contributed by atoms with Crippen LogP contribution >= 0.6 is 0 Å². The molecule has 0 saturated carbocycles. The molecule has 732 valence electrons. The number of aliphatic hydroxyl groups excluding tert-OH is 12. The van der Waals surface area contributed by atoms with Crippen molar-refractivity contribution in [2.24, 2.45) is 0 Å². The molecule has 0 radical (unpaired) electrons. The lowest BCUT2D eigenvalue weighted by Gasteiger charge is -2.42. The maximum atomic E-state index is 15.1. The molecule has 5 rings (SSSR count). The van der Waals surface area contributed by atoms with Gasteiger partial charge in [-0.3, -0.25) is 52.7 Å². The van der Waals surface area contributed by atoms with E-state index in [9.17, 15) is 109 Å². The van der Waals surface area contributed by atoms with Crippen molar-refractivity contribution in [1.29, 1.82) is 0 Å². The Hall–Kier alpha value is -7.93. The number of carbonyl (C=O) groups excluding carboxylic acids is 11. The Balaban J connectivity index is 1.24. The highest BCUT2D eigenvalue weighted by molar-refractivity contribution is 5.99. The average molecular weight is 1850 g/mol. The molecule has 0 bridgehead atoms. The van der Waals surface area contributed by atoms with E-state index in [0.29, 0.717) is 5.75 Å². The van der Waals surface area contributed by atoms with Crippen LogP contribution in [0.3, 0.4) is 0 Å². The van der Waals surface area contributed by atoms with Crippen molar-refractivity contribution in [1.82, 2.24) is 57.7 Å². The van der Waals surface area contributed by atoms with E-state index < -0.39 is 259 Å². The maximum absolute atomic E-state index is 15.1. The topological polar surface area (TPSA) is 702 Å². The molecule has 4 fully saturated rings. The Kier molecular flexibility index (Phi) is 53.3. The highest BCUT2D eigenvalue weighted by Gasteiger charge is 2.49. The summed E-state index contributed by atoms with van der Waals surface area (Å²) in [6.07, 6.45) is -23.4. The molecule has 1 aromatic carbocycles. The van der Waals surface area contributed by atoms with Gasteiger partial charge in [0, 0.05) is 65.9 Å². The molecule has 21 atom stereocenters. The monoisotopic (exact) mass is 1850 g/mol. The molecule has 128 heavy (non-hydrogen) atoms. The van der Waals surface area contributed by atoms with Crippen LogP contribution in [0.2, 0.25) is 0 Å². The number of carbonyl (C=O) groups is 11. The second-order valence-electron chi connectivity index (χ2n) is 29.3. The summed E-state index contributed by atoms with van der Waals surface area (Å²) in [5.41, 5.74) is -0.0123. The molecule has 4 aliphatic heterocycles. The molecule has 4 aliphatic rings. The number of amides is 11. The van der Waals surface area contributed by atoms with Gasteiger partial charge in [-0.05, 0) is 30.7 Å². The zero-order valence-corrected chi connectivity index (χ0v) is 72.2. The fourth-order valence-electron chi connectivity index (χ4n) is 12.9. The average Bonchev–Trinajstić information content (AvgIpc) is 0.819. The summed E-state index contributed by atoms with van der Waals surface area (Å²) >= 11 is 0. The minimum absolute atomic E-state index is 0.00432. The van der Waals surface area contributed by atoms with E-state index in [1.807, 2.05) is 0 Å². The molecule has 51 heteroatoms. The number of nitrogens with one attached hydrogen (secondary N) is 9. The van der Waals surface area contributed by atoms with Gasteiger partial charge in [0.1, 0.15) is 135 Å². The normalized spacial score (nSPS) is 25.9. The maximum Gasteiger partial charge on any atom is 0.251 e. The largest absolute Gasteiger partial charge is 0.497 e. The fraction of sp³-hybridized carbons (Fsp3) is 0.779. The predicted octanol–water partition coefficient (Wildman–Crippen LogP) is -13.3. The lowest BCUT2D eigenvalue weighted by Crippen LogP contribution is -2.64. The Bertz CT molecular complexity index is 3280. The van der Waals surface area contributed by atoms with E-state index in [1.165, 1.54) is 59.1 Å². The summed E-state index contributed by atoms with van der Waals surface area (Å²) in [6, 6.07) is -0.825. The third-order valence-corrected chi connectivity index (χ3v) is 19.4. The van der Waals surface area contributed by atoms with Crippen LogP contribution in [0, 0.1) is 0 Å². The van der Waals surface area contributed by atoms with E-state index in [0.717, 1.165) is 9.80 Å². The molecule has 11 amide bonds. The molecule has 1 aromatic rings. The number of rotatable bonds is 63. The summed E-state index contributed by atoms with van der Waals surface area (Å²) in [5, 5.41) is 145. The van der Waals surface area contributed by atoms with Gasteiger partial charge in [-0.15, -0.1) is 0 Å². The number of nitrogens with zero attached hydrogens (tertiary/aromatic N) is 2. The first-order valence-corrected chi connectivity index (χ1v) is 41.6. The Morgan fingerprint density at radius 3 is 0.852 bits per heavy atom. The number of hydrogen-bond donors (Lipinski definition) is 21. The zero-order valence-electron chi connectivity index (χ0n) is 72.2. The molecule has 4 heterocycles. The van der Waals surface area contributed by atoms with Gasteiger partial charge in [-0.1, -0.05) is 0 Å². The third-order valence-electron chi connectivity index (χ3n) is 19.4. The smallest absolute Gasteiger partial charge is 0.251 e. The summed E-state index contributed by atoms with van der Waals surface area (Å²) in [4.78, 5) is 148. The van der Waals surface area contributed by atoms with Crippen molar-refractivity contribution in [2.75, 3.05) is 218 Å². The predicted molar refractivity (Wildman–Crippen MR) is 431 cm³/mol. The number of ether oxygens (including phenoxy) is 17. The van der Waals surface area contributed by atoms with Gasteiger partial charge >= 0.3 is 0 Å². The number of methoxy groups -OCH3 is 1. The Morgan fingerprint density at radius 1 is 0.352 bits per heavy atom. The first-order chi connectivity index (χ1) is 61.4. The standard InChI is InChI=1S/C77H129N11O40/c1-44(93)82-60-68(106)64(102)51(40-89)125-74(60)121-32-28-117-24-20-113-16-12-78-55(97)36-87(37-56(98)79-13-17-114-21-25-118-29-33-122-75-61(83-45(2)94)69(107)65(103)52(41-90)126-75)59(101)11-10-50(86-72(110)48-6-8-49(112-5)9-7-48)73(111)88(38-57(99)80-14-18-115-22-26-119-30-34-123-76-62(84-46(3)95)70(108)66(104)53(42-91)127-76)39-58(100)81-15-19-116-23-27-120-31-35-124-77-63(85-47(4)96)71(109)67(105)54(43-92)128-77/h6-9,50-54,60-71,74-77,89-92,102-109H,10-43H2,1-5H3,(H,78,97)(H,79,98)(H,80,99)(H,81,100)(H,82,93)(H,83,94)(H,84,95)(H,85,96)(H,86,110). The van der Waals surface area contributed by atoms with Crippen LogP contribution in [0.15, 0.2) is 24.3 Å². The Morgan fingerprint density at radius 2 is 0.602 bits per heavy atom. The van der Waals surface area contributed by atoms with E-state index >= 15 is 4.79 Å². The van der Waals surface area contributed by atoms with Gasteiger partial charge in [-0.2, -0.15) is 0 Å². The minimum atomic E-state index is -1.74. The van der Waals surface area contributed by atoms with Crippen molar-refractivity contribution < 1.29 is 195 Å². The molecular formula is C77H129N11O40. The van der Waals surface area contributed by atoms with Crippen molar-refractivity contribution in [3.63, 3.8) is 0 Å². The number of benzene rings is 1. The fourth-order valence-corrected chi connectivity index (χ4v) is 12.9. The van der Waals surface area contributed by atoms with Crippen LogP contribution in [-0.2, 0) is 124 Å². The van der Waals surface area contributed by atoms with Gasteiger partial charge in [0.25, 0.3) is 5.91 Å². The SMILES string of the molecule is COc1ccc(C(=O)NC(CCC(=O)N(CC(=O)NCCOCCOCCOC2OC(CO)C(O)C(O)C2NC(C)=O)CC(=O)NCCOCCOCCOC2OC(CO)C(O)C(O)C2NC(C)=O)C(=O)N(CC(=O)NCCOCCOCCOC2OC(CO)C(O)C(O)C2NC(C)=O)CC(=O)NCCOCCOCCOC2OC(CO)C(O)C(O)C2NC(C)=O)cc1. The number of hydrogen-bond acceptors (Lipinski definition) is 40. The lowest BCUT2D eigenvalue weighted by molar-refractivity contribution is -0.272. The van der Waals surface area contributed by atoms with Crippen LogP contribution < -0.4 is 52.6 Å². The summed E-state index contributed by atoms with van der Waals surface area (Å²) in [5.74, 6) is -7.97. The first kappa shape index (κ1) is 111. The lowest BCUT2D eigenvalue weighted by atomic mass is 9.97. The van der Waals surface area contributed by atoms with Crippen LogP contribution in [0.25, 0.3) is 0 Å². The van der Waals surface area contributed by atoms with Gasteiger partial charge in [0.05, 0.1) is 166 Å². The van der Waals surface area contributed by atoms with Crippen LogP contribution in [0.4, 0.5) is 0 Å². The Labute approximate surface area is 737 Å². The van der Waals surface area contributed by atoms with Crippen molar-refractivity contribution in [3.8, 4) is 5.75 Å². The summed E-state index contributed by atoms with van der Waals surface area (Å²) in [6.45, 7) is -2.92. The molecular weight excluding hydrogens is 1720 g/mol. The molecule has 0 aromatic heterocycles. The first-order valence-electron chi connectivity index (χ1n) is 41.6. The van der Waals surface area contributed by atoms with Gasteiger partial charge < -0.3 is 199 Å². The molecule has 21 N–H and O–H groups in total. The van der Waals surface area contributed by atoms with E-state index in [2.05, 4.69) is 47.9 Å². The highest BCUT2D eigenvalue weighted by atomic mass is 16.7. The van der Waals surface area contributed by atoms with E-state index in [-0.39, 0.29) is 164 Å². The summed E-state index contributed by atoms with van der Waals surface area (Å²) in [7, 11) is 1.38. The van der Waals surface area contributed by atoms with Crippen LogP contribution in [0.5, 0.6) is 5.75 Å². The number of aliphatic hydroxyl groups is 12. The van der Waals surface area contributed by atoms with Crippen LogP contribution in [0.1, 0.15) is 50.9 Å². The van der Waals surface area contributed by atoms with Crippen molar-refractivity contribution >= 4 is 65.0 Å². The zero-order chi connectivity index (χ0) is 94.0. The molecule has 0 aliphatic carbocycles. The van der Waals surface area contributed by atoms with Crippen molar-refractivity contribution in [2.45, 2.75) is 169 Å². The summed E-state index contributed by atoms with van der Waals surface area (Å²) < 4.78 is 94.6. The second-order valence-corrected chi connectivity index (χ2v) is 29.3.